The molecule has 0 saturated carbocycles. The van der Waals surface area contributed by atoms with Crippen molar-refractivity contribution in [2.75, 3.05) is 6.54 Å². The summed E-state index contributed by atoms with van der Waals surface area (Å²) in [5.74, 6) is 0. The van der Waals surface area contributed by atoms with Crippen molar-refractivity contribution in [3.8, 4) is 0 Å². The molecule has 5 heteroatoms. The van der Waals surface area contributed by atoms with Gasteiger partial charge in [-0.3, -0.25) is 4.79 Å². The molecular formula is C12H14N2O3. The third-order valence-corrected chi connectivity index (χ3v) is 2.81. The Morgan fingerprint density at radius 1 is 1.41 bits per heavy atom. The van der Waals surface area contributed by atoms with E-state index < -0.39 is 12.2 Å². The van der Waals surface area contributed by atoms with Gasteiger partial charge in [0, 0.05) is 29.2 Å². The van der Waals surface area contributed by atoms with Gasteiger partial charge in [-0.1, -0.05) is 12.1 Å². The molecule has 0 aliphatic heterocycles. The SMILES string of the molecule is NCC(O)C(O)c1ccc2c(C=O)c[nH]c2c1. The minimum Gasteiger partial charge on any atom is -0.389 e. The lowest BCUT2D eigenvalue weighted by Gasteiger charge is -2.16. The molecular weight excluding hydrogens is 220 g/mol. The first-order chi connectivity index (χ1) is 8.17. The van der Waals surface area contributed by atoms with Crippen molar-refractivity contribution < 1.29 is 15.0 Å². The molecule has 2 aromatic rings. The van der Waals surface area contributed by atoms with Crippen molar-refractivity contribution in [2.24, 2.45) is 5.73 Å². The molecule has 0 spiro atoms. The van der Waals surface area contributed by atoms with E-state index in [1.165, 1.54) is 0 Å². The van der Waals surface area contributed by atoms with Crippen molar-refractivity contribution >= 4 is 17.2 Å². The fourth-order valence-electron chi connectivity index (χ4n) is 1.80. The fraction of sp³-hybridized carbons (Fsp3) is 0.250. The van der Waals surface area contributed by atoms with Crippen LogP contribution in [-0.2, 0) is 0 Å². The fourth-order valence-corrected chi connectivity index (χ4v) is 1.80. The molecule has 2 rings (SSSR count). The van der Waals surface area contributed by atoms with E-state index in [1.807, 2.05) is 0 Å². The standard InChI is InChI=1S/C12H14N2O3/c13-4-11(16)12(17)7-1-2-9-8(6-15)5-14-10(9)3-7/h1-3,5-6,11-12,14,16-17H,4,13H2. The summed E-state index contributed by atoms with van der Waals surface area (Å²) in [4.78, 5) is 13.7. The number of hydrogen-bond donors (Lipinski definition) is 4. The lowest BCUT2D eigenvalue weighted by molar-refractivity contribution is 0.0244. The second-order valence-electron chi connectivity index (χ2n) is 3.91. The minimum absolute atomic E-state index is 0.0104. The summed E-state index contributed by atoms with van der Waals surface area (Å²) in [6, 6.07) is 5.11. The molecule has 1 aromatic carbocycles. The Labute approximate surface area is 97.9 Å². The van der Waals surface area contributed by atoms with Gasteiger partial charge in [-0.2, -0.15) is 0 Å². The van der Waals surface area contributed by atoms with Crippen LogP contribution in [0.1, 0.15) is 22.0 Å². The second-order valence-corrected chi connectivity index (χ2v) is 3.91. The zero-order valence-electron chi connectivity index (χ0n) is 9.13. The Hall–Kier alpha value is -1.69. The number of aldehydes is 1. The first-order valence-corrected chi connectivity index (χ1v) is 5.29. The maximum Gasteiger partial charge on any atom is 0.152 e. The molecule has 1 heterocycles. The molecule has 5 N–H and O–H groups in total. The average Bonchev–Trinajstić information content (AvgIpc) is 2.78. The van der Waals surface area contributed by atoms with Gasteiger partial charge in [0.25, 0.3) is 0 Å². The molecule has 0 saturated heterocycles. The smallest absolute Gasteiger partial charge is 0.152 e. The van der Waals surface area contributed by atoms with Gasteiger partial charge >= 0.3 is 0 Å². The van der Waals surface area contributed by atoms with Gasteiger partial charge in [0.05, 0.1) is 6.10 Å². The topological polar surface area (TPSA) is 99.3 Å². The molecule has 5 nitrogen and oxygen atoms in total. The van der Waals surface area contributed by atoms with Crippen LogP contribution in [-0.4, -0.2) is 34.1 Å². The Balaban J connectivity index is 2.41. The molecule has 0 fully saturated rings. The number of H-pyrrole nitrogens is 1. The number of fused-ring (bicyclic) bond motifs is 1. The monoisotopic (exact) mass is 234 g/mol. The zero-order chi connectivity index (χ0) is 12.4. The summed E-state index contributed by atoms with van der Waals surface area (Å²) in [6.45, 7) is -0.0104. The highest BCUT2D eigenvalue weighted by Gasteiger charge is 2.17. The molecule has 17 heavy (non-hydrogen) atoms. The first-order valence-electron chi connectivity index (χ1n) is 5.29. The van der Waals surface area contributed by atoms with E-state index in [2.05, 4.69) is 4.98 Å². The number of aromatic nitrogens is 1. The summed E-state index contributed by atoms with van der Waals surface area (Å²) < 4.78 is 0. The van der Waals surface area contributed by atoms with Crippen LogP contribution in [0.2, 0.25) is 0 Å². The van der Waals surface area contributed by atoms with Gasteiger partial charge in [0.1, 0.15) is 6.10 Å². The average molecular weight is 234 g/mol. The molecule has 0 bridgehead atoms. The lowest BCUT2D eigenvalue weighted by atomic mass is 10.0. The van der Waals surface area contributed by atoms with Crippen LogP contribution in [0.15, 0.2) is 24.4 Å². The third kappa shape index (κ3) is 2.08. The summed E-state index contributed by atoms with van der Waals surface area (Å²) >= 11 is 0. The van der Waals surface area contributed by atoms with Crippen molar-refractivity contribution in [3.63, 3.8) is 0 Å². The van der Waals surface area contributed by atoms with Crippen LogP contribution in [0.5, 0.6) is 0 Å². The van der Waals surface area contributed by atoms with Crippen LogP contribution >= 0.6 is 0 Å². The number of carbonyl (C=O) groups excluding carboxylic acids is 1. The molecule has 90 valence electrons. The number of nitrogens with one attached hydrogen (secondary N) is 1. The number of nitrogens with two attached hydrogens (primary N) is 1. The Morgan fingerprint density at radius 2 is 2.18 bits per heavy atom. The largest absolute Gasteiger partial charge is 0.389 e. The number of benzene rings is 1. The van der Waals surface area contributed by atoms with E-state index >= 15 is 0 Å². The van der Waals surface area contributed by atoms with Crippen molar-refractivity contribution in [2.45, 2.75) is 12.2 Å². The van der Waals surface area contributed by atoms with Gasteiger partial charge < -0.3 is 20.9 Å². The maximum absolute atomic E-state index is 10.7. The highest BCUT2D eigenvalue weighted by Crippen LogP contribution is 2.23. The molecule has 2 atom stereocenters. The highest BCUT2D eigenvalue weighted by molar-refractivity contribution is 5.97. The van der Waals surface area contributed by atoms with E-state index in [0.29, 0.717) is 11.1 Å². The normalized spacial score (nSPS) is 14.8. The number of hydrogen-bond acceptors (Lipinski definition) is 4. The summed E-state index contributed by atoms with van der Waals surface area (Å²) in [6.07, 6.45) is 0.358. The van der Waals surface area contributed by atoms with Crippen LogP contribution in [0.3, 0.4) is 0 Å². The Bertz CT molecular complexity index is 536. The summed E-state index contributed by atoms with van der Waals surface area (Å²) in [7, 11) is 0. The first kappa shape index (κ1) is 11.8. The molecule has 2 unspecified atom stereocenters. The molecule has 0 radical (unpaired) electrons. The third-order valence-electron chi connectivity index (χ3n) is 2.81. The Morgan fingerprint density at radius 3 is 2.82 bits per heavy atom. The van der Waals surface area contributed by atoms with E-state index in [1.54, 1.807) is 24.4 Å². The summed E-state index contributed by atoms with van der Waals surface area (Å²) in [5, 5.41) is 20.1. The van der Waals surface area contributed by atoms with Gasteiger partial charge in [-0.25, -0.2) is 0 Å². The number of rotatable bonds is 4. The van der Waals surface area contributed by atoms with E-state index in [-0.39, 0.29) is 6.54 Å². The zero-order valence-corrected chi connectivity index (χ0v) is 9.13. The minimum atomic E-state index is -1.02. The van der Waals surface area contributed by atoms with Crippen molar-refractivity contribution in [1.29, 1.82) is 0 Å². The number of aromatic amines is 1. The van der Waals surface area contributed by atoms with Crippen LogP contribution in [0.25, 0.3) is 10.9 Å². The Kier molecular flexibility index (Phi) is 3.23. The second kappa shape index (κ2) is 4.67. The molecule has 0 aliphatic carbocycles. The summed E-state index contributed by atoms with van der Waals surface area (Å²) in [5.41, 5.74) is 7.16. The van der Waals surface area contributed by atoms with E-state index in [4.69, 9.17) is 5.73 Å². The van der Waals surface area contributed by atoms with Gasteiger partial charge in [0.15, 0.2) is 6.29 Å². The molecule has 1 aromatic heterocycles. The molecule has 0 amide bonds. The number of carbonyl (C=O) groups is 1. The lowest BCUT2D eigenvalue weighted by Crippen LogP contribution is -2.27. The van der Waals surface area contributed by atoms with Crippen molar-refractivity contribution in [3.05, 3.63) is 35.5 Å². The van der Waals surface area contributed by atoms with Crippen molar-refractivity contribution in [1.82, 2.24) is 4.98 Å². The predicted octanol–water partition coefficient (Wildman–Crippen LogP) is 0.333. The number of aliphatic hydroxyl groups is 2. The highest BCUT2D eigenvalue weighted by atomic mass is 16.3. The predicted molar refractivity (Wildman–Crippen MR) is 63.7 cm³/mol. The van der Waals surface area contributed by atoms with E-state index in [9.17, 15) is 15.0 Å². The van der Waals surface area contributed by atoms with Gasteiger partial charge in [-0.05, 0) is 11.6 Å². The quantitative estimate of drug-likeness (QED) is 0.573. The molecule has 0 aliphatic rings. The van der Waals surface area contributed by atoms with Gasteiger partial charge in [-0.15, -0.1) is 0 Å². The van der Waals surface area contributed by atoms with Crippen LogP contribution in [0, 0.1) is 0 Å². The van der Waals surface area contributed by atoms with Crippen LogP contribution in [0.4, 0.5) is 0 Å². The van der Waals surface area contributed by atoms with E-state index in [0.717, 1.165) is 17.2 Å². The maximum atomic E-state index is 10.7. The van der Waals surface area contributed by atoms with Crippen LogP contribution < -0.4 is 5.73 Å². The number of aliphatic hydroxyl groups excluding tert-OH is 2. The van der Waals surface area contributed by atoms with Gasteiger partial charge in [0.2, 0.25) is 0 Å².